The molecule has 1 fully saturated rings. The summed E-state index contributed by atoms with van der Waals surface area (Å²) in [6.07, 6.45) is 2.89. The van der Waals surface area contributed by atoms with Gasteiger partial charge in [-0.05, 0) is 26.0 Å². The van der Waals surface area contributed by atoms with Gasteiger partial charge in [0.2, 0.25) is 0 Å². The SMILES string of the molecule is CN(Cc1ccc(F)cc1F)C1CCC(=O)CC1. The number of carbonyl (C=O) groups is 1. The van der Waals surface area contributed by atoms with Crippen LogP contribution in [0.15, 0.2) is 18.2 Å². The van der Waals surface area contributed by atoms with Crippen LogP contribution in [-0.2, 0) is 11.3 Å². The van der Waals surface area contributed by atoms with Gasteiger partial charge in [0, 0.05) is 37.1 Å². The number of nitrogens with zero attached hydrogens (tertiary/aromatic N) is 1. The average molecular weight is 253 g/mol. The molecule has 0 unspecified atom stereocenters. The van der Waals surface area contributed by atoms with Crippen LogP contribution >= 0.6 is 0 Å². The minimum absolute atomic E-state index is 0.312. The zero-order valence-corrected chi connectivity index (χ0v) is 10.5. The molecule has 0 spiro atoms. The van der Waals surface area contributed by atoms with E-state index in [0.717, 1.165) is 18.9 Å². The first kappa shape index (κ1) is 13.1. The molecule has 2 rings (SSSR count). The molecule has 2 nitrogen and oxygen atoms in total. The summed E-state index contributed by atoms with van der Waals surface area (Å²) in [7, 11) is 1.92. The van der Waals surface area contributed by atoms with Crippen molar-refractivity contribution in [3.05, 3.63) is 35.4 Å². The number of hydrogen-bond donors (Lipinski definition) is 0. The lowest BCUT2D eigenvalue weighted by molar-refractivity contribution is -0.121. The van der Waals surface area contributed by atoms with Crippen LogP contribution in [0.2, 0.25) is 0 Å². The normalized spacial score (nSPS) is 17.4. The Labute approximate surface area is 106 Å². The largest absolute Gasteiger partial charge is 0.300 e. The first-order chi connectivity index (χ1) is 8.56. The Morgan fingerprint density at radius 1 is 1.28 bits per heavy atom. The monoisotopic (exact) mass is 253 g/mol. The van der Waals surface area contributed by atoms with Crippen molar-refractivity contribution in [1.29, 1.82) is 0 Å². The van der Waals surface area contributed by atoms with Crippen LogP contribution in [-0.4, -0.2) is 23.8 Å². The summed E-state index contributed by atoms with van der Waals surface area (Å²) in [5.41, 5.74) is 0.496. The van der Waals surface area contributed by atoms with Gasteiger partial charge in [0.05, 0.1) is 0 Å². The predicted molar refractivity (Wildman–Crippen MR) is 65.1 cm³/mol. The minimum Gasteiger partial charge on any atom is -0.300 e. The summed E-state index contributed by atoms with van der Waals surface area (Å²) >= 11 is 0. The summed E-state index contributed by atoms with van der Waals surface area (Å²) in [6.45, 7) is 0.449. The van der Waals surface area contributed by atoms with Crippen LogP contribution in [0, 0.1) is 11.6 Å². The topological polar surface area (TPSA) is 20.3 Å². The number of halogens is 2. The molecule has 1 aromatic rings. The van der Waals surface area contributed by atoms with E-state index in [2.05, 4.69) is 0 Å². The van der Waals surface area contributed by atoms with Crippen molar-refractivity contribution in [2.75, 3.05) is 7.05 Å². The second-order valence-electron chi connectivity index (χ2n) is 4.92. The lowest BCUT2D eigenvalue weighted by atomic mass is 9.93. The summed E-state index contributed by atoms with van der Waals surface area (Å²) in [6, 6.07) is 3.98. The van der Waals surface area contributed by atoms with Crippen LogP contribution in [0.4, 0.5) is 8.78 Å². The zero-order chi connectivity index (χ0) is 13.1. The second-order valence-corrected chi connectivity index (χ2v) is 4.92. The molecule has 0 bridgehead atoms. The molecular weight excluding hydrogens is 236 g/mol. The molecule has 0 radical (unpaired) electrons. The highest BCUT2D eigenvalue weighted by atomic mass is 19.1. The quantitative estimate of drug-likeness (QED) is 0.825. The summed E-state index contributed by atoms with van der Waals surface area (Å²) in [5, 5.41) is 0. The van der Waals surface area contributed by atoms with Crippen molar-refractivity contribution >= 4 is 5.78 Å². The molecule has 0 amide bonds. The Bertz CT molecular complexity index is 437. The molecular formula is C14H17F2NO. The van der Waals surface area contributed by atoms with Crippen LogP contribution in [0.1, 0.15) is 31.2 Å². The number of hydrogen-bond acceptors (Lipinski definition) is 2. The van der Waals surface area contributed by atoms with E-state index in [4.69, 9.17) is 0 Å². The Kier molecular flexibility index (Phi) is 4.07. The van der Waals surface area contributed by atoms with E-state index < -0.39 is 11.6 Å². The highest BCUT2D eigenvalue weighted by Crippen LogP contribution is 2.21. The third-order valence-corrected chi connectivity index (χ3v) is 3.57. The van der Waals surface area contributed by atoms with E-state index in [-0.39, 0.29) is 0 Å². The molecule has 0 atom stereocenters. The maximum absolute atomic E-state index is 13.5. The molecule has 98 valence electrons. The molecule has 1 aromatic carbocycles. The Morgan fingerprint density at radius 2 is 1.94 bits per heavy atom. The summed E-state index contributed by atoms with van der Waals surface area (Å²) in [4.78, 5) is 13.2. The van der Waals surface area contributed by atoms with Crippen molar-refractivity contribution in [1.82, 2.24) is 4.90 Å². The molecule has 1 aliphatic rings. The first-order valence-electron chi connectivity index (χ1n) is 6.22. The number of carbonyl (C=O) groups excluding carboxylic acids is 1. The molecule has 1 saturated carbocycles. The van der Waals surface area contributed by atoms with Gasteiger partial charge in [0.15, 0.2) is 0 Å². The summed E-state index contributed by atoms with van der Waals surface area (Å²) < 4.78 is 26.3. The fourth-order valence-electron chi connectivity index (χ4n) is 2.41. The third-order valence-electron chi connectivity index (χ3n) is 3.57. The van der Waals surface area contributed by atoms with E-state index in [1.807, 2.05) is 11.9 Å². The van der Waals surface area contributed by atoms with Crippen molar-refractivity contribution in [3.63, 3.8) is 0 Å². The van der Waals surface area contributed by atoms with Gasteiger partial charge >= 0.3 is 0 Å². The lowest BCUT2D eigenvalue weighted by Crippen LogP contribution is -2.35. The molecule has 0 saturated heterocycles. The average Bonchev–Trinajstić information content (AvgIpc) is 2.33. The lowest BCUT2D eigenvalue weighted by Gasteiger charge is -2.30. The van der Waals surface area contributed by atoms with Crippen LogP contribution in [0.5, 0.6) is 0 Å². The molecule has 0 heterocycles. The zero-order valence-electron chi connectivity index (χ0n) is 10.5. The van der Waals surface area contributed by atoms with Gasteiger partial charge in [-0.1, -0.05) is 6.07 Å². The highest BCUT2D eigenvalue weighted by Gasteiger charge is 2.22. The molecule has 1 aliphatic carbocycles. The smallest absolute Gasteiger partial charge is 0.133 e. The number of rotatable bonds is 3. The van der Waals surface area contributed by atoms with Crippen LogP contribution < -0.4 is 0 Å². The van der Waals surface area contributed by atoms with E-state index in [9.17, 15) is 13.6 Å². The molecule has 18 heavy (non-hydrogen) atoms. The minimum atomic E-state index is -0.554. The molecule has 0 N–H and O–H groups in total. The first-order valence-corrected chi connectivity index (χ1v) is 6.22. The van der Waals surface area contributed by atoms with E-state index >= 15 is 0 Å². The van der Waals surface area contributed by atoms with Gasteiger partial charge in [0.1, 0.15) is 17.4 Å². The fraction of sp³-hybridized carbons (Fsp3) is 0.500. The second kappa shape index (κ2) is 5.57. The molecule has 4 heteroatoms. The van der Waals surface area contributed by atoms with E-state index in [1.54, 1.807) is 0 Å². The van der Waals surface area contributed by atoms with Crippen molar-refractivity contribution in [2.24, 2.45) is 0 Å². The standard InChI is InChI=1S/C14H17F2NO/c1-17(12-4-6-13(18)7-5-12)9-10-2-3-11(15)8-14(10)16/h2-3,8,12H,4-7,9H2,1H3. The van der Waals surface area contributed by atoms with E-state index in [0.29, 0.717) is 36.8 Å². The van der Waals surface area contributed by atoms with E-state index in [1.165, 1.54) is 12.1 Å². The Balaban J connectivity index is 1.98. The fourth-order valence-corrected chi connectivity index (χ4v) is 2.41. The highest BCUT2D eigenvalue weighted by molar-refractivity contribution is 5.79. The van der Waals surface area contributed by atoms with Gasteiger partial charge in [-0.25, -0.2) is 8.78 Å². The number of Topliss-reactive ketones (excluding diaryl/α,β-unsaturated/α-hetero) is 1. The van der Waals surface area contributed by atoms with Crippen molar-refractivity contribution < 1.29 is 13.6 Å². The number of benzene rings is 1. The van der Waals surface area contributed by atoms with Crippen LogP contribution in [0.25, 0.3) is 0 Å². The van der Waals surface area contributed by atoms with Gasteiger partial charge in [-0.2, -0.15) is 0 Å². The van der Waals surface area contributed by atoms with Gasteiger partial charge in [-0.15, -0.1) is 0 Å². The maximum atomic E-state index is 13.5. The number of ketones is 1. The molecule has 0 aromatic heterocycles. The van der Waals surface area contributed by atoms with Crippen molar-refractivity contribution in [2.45, 2.75) is 38.3 Å². The third kappa shape index (κ3) is 3.13. The van der Waals surface area contributed by atoms with Gasteiger partial charge < -0.3 is 0 Å². The van der Waals surface area contributed by atoms with Crippen molar-refractivity contribution in [3.8, 4) is 0 Å². The maximum Gasteiger partial charge on any atom is 0.133 e. The van der Waals surface area contributed by atoms with Gasteiger partial charge in [0.25, 0.3) is 0 Å². The molecule has 0 aliphatic heterocycles. The predicted octanol–water partition coefficient (Wildman–Crippen LogP) is 2.91. The Morgan fingerprint density at radius 3 is 2.56 bits per heavy atom. The Hall–Kier alpha value is -1.29. The van der Waals surface area contributed by atoms with Gasteiger partial charge in [-0.3, -0.25) is 9.69 Å². The van der Waals surface area contributed by atoms with Crippen LogP contribution in [0.3, 0.4) is 0 Å². The summed E-state index contributed by atoms with van der Waals surface area (Å²) in [5.74, 6) is -0.747.